The molecule has 0 aromatic heterocycles. The standard InChI is InChI=1S/C29H33Cl2F3N4O2/c1-38(2)14-4-12-35-13-11-23(19-36-28(39)37-26-17-24(30)16-25(31)18-26)21-9-7-20(8-10-21)22-5-3-6-27(15-22)40-29(32,33)34/h3,5-10,15-18,23,35H,4,11-14,19H2,1-2H3,(H2,36,37,39). The number of benzene rings is 3. The van der Waals surface area contributed by atoms with Crippen molar-refractivity contribution in [2.24, 2.45) is 0 Å². The van der Waals surface area contributed by atoms with Crippen LogP contribution in [0.3, 0.4) is 0 Å². The zero-order valence-corrected chi connectivity index (χ0v) is 23.8. The van der Waals surface area contributed by atoms with Gasteiger partial charge in [-0.1, -0.05) is 59.6 Å². The van der Waals surface area contributed by atoms with Gasteiger partial charge < -0.3 is 25.6 Å². The van der Waals surface area contributed by atoms with Crippen molar-refractivity contribution in [3.8, 4) is 16.9 Å². The molecule has 3 rings (SSSR count). The lowest BCUT2D eigenvalue weighted by Gasteiger charge is -2.20. The second kappa shape index (κ2) is 15.1. The summed E-state index contributed by atoms with van der Waals surface area (Å²) in [5, 5.41) is 9.94. The molecule has 216 valence electrons. The zero-order chi connectivity index (χ0) is 29.1. The Bertz CT molecular complexity index is 1220. The van der Waals surface area contributed by atoms with Crippen molar-refractivity contribution < 1.29 is 22.7 Å². The summed E-state index contributed by atoms with van der Waals surface area (Å²) in [7, 11) is 4.07. The minimum atomic E-state index is -4.76. The number of urea groups is 1. The largest absolute Gasteiger partial charge is 0.573 e. The average molecular weight is 598 g/mol. The van der Waals surface area contributed by atoms with Crippen LogP contribution >= 0.6 is 23.2 Å². The van der Waals surface area contributed by atoms with E-state index in [9.17, 15) is 18.0 Å². The van der Waals surface area contributed by atoms with Crippen LogP contribution in [0.25, 0.3) is 11.1 Å². The van der Waals surface area contributed by atoms with Crippen molar-refractivity contribution in [1.82, 2.24) is 15.5 Å². The van der Waals surface area contributed by atoms with Crippen molar-refractivity contribution in [2.45, 2.75) is 25.1 Å². The molecule has 0 aliphatic heterocycles. The molecular weight excluding hydrogens is 564 g/mol. The first-order valence-electron chi connectivity index (χ1n) is 12.8. The Morgan fingerprint density at radius 3 is 2.30 bits per heavy atom. The number of amides is 2. The van der Waals surface area contributed by atoms with Gasteiger partial charge in [-0.3, -0.25) is 0 Å². The molecule has 1 unspecified atom stereocenters. The molecule has 3 N–H and O–H groups in total. The Morgan fingerprint density at radius 2 is 1.65 bits per heavy atom. The SMILES string of the molecule is CN(C)CCCNCCC(CNC(=O)Nc1cc(Cl)cc(Cl)c1)c1ccc(-c2cccc(OC(F)(F)F)c2)cc1. The van der Waals surface area contributed by atoms with E-state index in [0.29, 0.717) is 27.8 Å². The normalized spacial score (nSPS) is 12.3. The lowest BCUT2D eigenvalue weighted by molar-refractivity contribution is -0.274. The third kappa shape index (κ3) is 11.3. The van der Waals surface area contributed by atoms with Gasteiger partial charge in [0.2, 0.25) is 0 Å². The minimum Gasteiger partial charge on any atom is -0.406 e. The number of alkyl halides is 3. The van der Waals surface area contributed by atoms with Crippen LogP contribution in [-0.2, 0) is 0 Å². The molecule has 0 aliphatic carbocycles. The van der Waals surface area contributed by atoms with E-state index >= 15 is 0 Å². The summed E-state index contributed by atoms with van der Waals surface area (Å²) in [6.45, 7) is 2.99. The number of nitrogens with one attached hydrogen (secondary N) is 3. The summed E-state index contributed by atoms with van der Waals surface area (Å²) >= 11 is 12.0. The predicted molar refractivity (Wildman–Crippen MR) is 155 cm³/mol. The molecule has 1 atom stereocenters. The molecule has 0 fully saturated rings. The van der Waals surface area contributed by atoms with Crippen LogP contribution in [0.2, 0.25) is 10.0 Å². The van der Waals surface area contributed by atoms with Crippen LogP contribution in [-0.4, -0.2) is 57.6 Å². The number of carbonyl (C=O) groups excluding carboxylic acids is 1. The summed E-state index contributed by atoms with van der Waals surface area (Å²) in [5.74, 6) is -0.285. The van der Waals surface area contributed by atoms with Crippen LogP contribution in [0, 0.1) is 0 Å². The van der Waals surface area contributed by atoms with E-state index in [1.165, 1.54) is 18.2 Å². The molecule has 40 heavy (non-hydrogen) atoms. The summed E-state index contributed by atoms with van der Waals surface area (Å²) in [6.07, 6.45) is -2.97. The maximum atomic E-state index is 12.6. The maximum Gasteiger partial charge on any atom is 0.573 e. The number of hydrogen-bond acceptors (Lipinski definition) is 4. The van der Waals surface area contributed by atoms with Gasteiger partial charge in [-0.15, -0.1) is 13.2 Å². The van der Waals surface area contributed by atoms with Crippen LogP contribution < -0.4 is 20.7 Å². The molecule has 6 nitrogen and oxygen atoms in total. The minimum absolute atomic E-state index is 0.0102. The van der Waals surface area contributed by atoms with Gasteiger partial charge >= 0.3 is 12.4 Å². The highest BCUT2D eigenvalue weighted by atomic mass is 35.5. The zero-order valence-electron chi connectivity index (χ0n) is 22.3. The van der Waals surface area contributed by atoms with E-state index in [1.807, 2.05) is 38.4 Å². The highest BCUT2D eigenvalue weighted by Gasteiger charge is 2.31. The van der Waals surface area contributed by atoms with Gasteiger partial charge in [0.1, 0.15) is 5.75 Å². The van der Waals surface area contributed by atoms with E-state index in [-0.39, 0.29) is 17.7 Å². The molecule has 0 saturated heterocycles. The molecule has 0 radical (unpaired) electrons. The molecule has 3 aromatic rings. The first kappa shape index (κ1) is 31.5. The topological polar surface area (TPSA) is 65.6 Å². The average Bonchev–Trinajstić information content (AvgIpc) is 2.86. The van der Waals surface area contributed by atoms with E-state index in [4.69, 9.17) is 23.2 Å². The highest BCUT2D eigenvalue weighted by molar-refractivity contribution is 6.35. The van der Waals surface area contributed by atoms with E-state index in [0.717, 1.165) is 43.6 Å². The number of hydrogen-bond donors (Lipinski definition) is 3. The van der Waals surface area contributed by atoms with Gasteiger partial charge in [0.15, 0.2) is 0 Å². The van der Waals surface area contributed by atoms with Crippen molar-refractivity contribution in [2.75, 3.05) is 45.6 Å². The lowest BCUT2D eigenvalue weighted by Crippen LogP contribution is -2.33. The van der Waals surface area contributed by atoms with Gasteiger partial charge in [-0.2, -0.15) is 0 Å². The van der Waals surface area contributed by atoms with Crippen LogP contribution in [0.5, 0.6) is 5.75 Å². The molecule has 0 bridgehead atoms. The monoisotopic (exact) mass is 596 g/mol. The molecule has 3 aromatic carbocycles. The lowest BCUT2D eigenvalue weighted by atomic mass is 9.93. The van der Waals surface area contributed by atoms with E-state index in [2.05, 4.69) is 25.6 Å². The van der Waals surface area contributed by atoms with Crippen LogP contribution in [0.4, 0.5) is 23.7 Å². The third-order valence-electron chi connectivity index (χ3n) is 6.04. The van der Waals surface area contributed by atoms with Gasteiger partial charge in [0.05, 0.1) is 0 Å². The second-order valence-corrected chi connectivity index (χ2v) is 10.5. The molecule has 0 spiro atoms. The Kier molecular flexibility index (Phi) is 11.9. The smallest absolute Gasteiger partial charge is 0.406 e. The number of rotatable bonds is 13. The molecule has 0 aliphatic rings. The first-order chi connectivity index (χ1) is 19.0. The van der Waals surface area contributed by atoms with Crippen LogP contribution in [0.1, 0.15) is 24.3 Å². The first-order valence-corrected chi connectivity index (χ1v) is 13.6. The van der Waals surface area contributed by atoms with Crippen molar-refractivity contribution >= 4 is 34.9 Å². The Balaban J connectivity index is 1.67. The summed E-state index contributed by atoms with van der Waals surface area (Å²) in [4.78, 5) is 14.7. The summed E-state index contributed by atoms with van der Waals surface area (Å²) in [6, 6.07) is 17.8. The number of halogens is 5. The van der Waals surface area contributed by atoms with E-state index in [1.54, 1.807) is 24.3 Å². The molecular formula is C29H33Cl2F3N4O2. The fraction of sp³-hybridized carbons (Fsp3) is 0.345. The molecule has 11 heteroatoms. The quantitative estimate of drug-likeness (QED) is 0.180. The van der Waals surface area contributed by atoms with Crippen molar-refractivity contribution in [3.63, 3.8) is 0 Å². The van der Waals surface area contributed by atoms with Crippen molar-refractivity contribution in [3.05, 3.63) is 82.3 Å². The Labute approximate surface area is 242 Å². The number of nitrogens with zero attached hydrogens (tertiary/aromatic N) is 1. The Morgan fingerprint density at radius 1 is 0.950 bits per heavy atom. The Hall–Kier alpha value is -2.98. The predicted octanol–water partition coefficient (Wildman–Crippen LogP) is 7.40. The van der Waals surface area contributed by atoms with Gasteiger partial charge in [0, 0.05) is 28.2 Å². The van der Waals surface area contributed by atoms with Gasteiger partial charge in [-0.05, 0) is 93.6 Å². The van der Waals surface area contributed by atoms with E-state index < -0.39 is 6.36 Å². The molecule has 0 saturated carbocycles. The highest BCUT2D eigenvalue weighted by Crippen LogP contribution is 2.29. The number of anilines is 1. The fourth-order valence-electron chi connectivity index (χ4n) is 4.15. The maximum absolute atomic E-state index is 12.6. The third-order valence-corrected chi connectivity index (χ3v) is 6.48. The fourth-order valence-corrected chi connectivity index (χ4v) is 4.67. The summed E-state index contributed by atoms with van der Waals surface area (Å²) < 4.78 is 42.0. The number of carbonyl (C=O) groups is 1. The van der Waals surface area contributed by atoms with Gasteiger partial charge in [-0.25, -0.2) is 4.79 Å². The van der Waals surface area contributed by atoms with Crippen molar-refractivity contribution in [1.29, 1.82) is 0 Å². The second-order valence-electron chi connectivity index (χ2n) is 9.58. The molecule has 0 heterocycles. The summed E-state index contributed by atoms with van der Waals surface area (Å²) in [5.41, 5.74) is 2.83. The van der Waals surface area contributed by atoms with Gasteiger partial charge in [0.25, 0.3) is 0 Å². The number of ether oxygens (including phenoxy) is 1. The molecule has 2 amide bonds. The van der Waals surface area contributed by atoms with Crippen LogP contribution in [0.15, 0.2) is 66.7 Å².